The molecule has 0 saturated heterocycles. The van der Waals surface area contributed by atoms with Crippen molar-refractivity contribution in [2.45, 2.75) is 5.92 Å². The third-order valence-corrected chi connectivity index (χ3v) is 6.07. The van der Waals surface area contributed by atoms with Gasteiger partial charge in [-0.3, -0.25) is 0 Å². The van der Waals surface area contributed by atoms with Gasteiger partial charge in [0.1, 0.15) is 11.5 Å². The lowest BCUT2D eigenvalue weighted by Crippen LogP contribution is -2.07. The fraction of sp³-hybridized carbons (Fsp3) is 0.250. The maximum absolute atomic E-state index is 5.30. The van der Waals surface area contributed by atoms with Crippen molar-refractivity contribution in [2.75, 3.05) is 18.6 Å². The molecule has 0 heterocycles. The molecule has 112 valence electrons. The number of rotatable bonds is 5. The van der Waals surface area contributed by atoms with E-state index in [1.165, 1.54) is 18.3 Å². The summed E-state index contributed by atoms with van der Waals surface area (Å²) in [7, 11) is 3.40. The Morgan fingerprint density at radius 1 is 0.857 bits per heavy atom. The van der Waals surface area contributed by atoms with Gasteiger partial charge in [-0.2, -0.15) is 0 Å². The Hall–Kier alpha value is 0.230. The zero-order chi connectivity index (χ0) is 15.4. The van der Waals surface area contributed by atoms with Gasteiger partial charge >= 0.3 is 0 Å². The van der Waals surface area contributed by atoms with Crippen LogP contribution in [0.4, 0.5) is 0 Å². The second kappa shape index (κ2) is 8.19. The first-order valence-corrected chi connectivity index (χ1v) is 10.0. The van der Waals surface area contributed by atoms with Crippen molar-refractivity contribution in [3.8, 4) is 11.5 Å². The van der Waals surface area contributed by atoms with Crippen molar-refractivity contribution >= 4 is 67.8 Å². The van der Waals surface area contributed by atoms with E-state index in [0.29, 0.717) is 5.92 Å². The molecule has 0 aromatic heterocycles. The average Bonchev–Trinajstić information content (AvgIpc) is 2.50. The highest BCUT2D eigenvalue weighted by Gasteiger charge is 2.19. The molecule has 2 nitrogen and oxygen atoms in total. The van der Waals surface area contributed by atoms with E-state index in [1.807, 2.05) is 12.1 Å². The van der Waals surface area contributed by atoms with Crippen LogP contribution in [0.1, 0.15) is 17.0 Å². The molecule has 0 N–H and O–H groups in total. The molecule has 0 aliphatic rings. The lowest BCUT2D eigenvalue weighted by atomic mass is 9.93. The summed E-state index contributed by atoms with van der Waals surface area (Å²) in [4.78, 5) is 0. The molecule has 21 heavy (non-hydrogen) atoms. The maximum atomic E-state index is 5.30. The second-order valence-electron chi connectivity index (χ2n) is 4.48. The standard InChI is InChI=1S/C16H15I3O2/c1-20-10-3-5-12(15(18)7-10)14(9-17)13-6-4-11(21-2)8-16(13)19/h3-8,14H,9H2,1-2H3. The summed E-state index contributed by atoms with van der Waals surface area (Å²) in [5, 5.41) is 0. The van der Waals surface area contributed by atoms with Crippen LogP contribution in [0.3, 0.4) is 0 Å². The molecule has 0 atom stereocenters. The number of hydrogen-bond donors (Lipinski definition) is 0. The molecule has 0 spiro atoms. The van der Waals surface area contributed by atoms with Crippen LogP contribution in [0.2, 0.25) is 0 Å². The lowest BCUT2D eigenvalue weighted by molar-refractivity contribution is 0.414. The highest BCUT2D eigenvalue weighted by atomic mass is 127. The first-order chi connectivity index (χ1) is 10.1. The molecule has 0 unspecified atom stereocenters. The predicted octanol–water partition coefficient (Wildman–Crippen LogP) is 5.48. The smallest absolute Gasteiger partial charge is 0.119 e. The maximum Gasteiger partial charge on any atom is 0.119 e. The highest BCUT2D eigenvalue weighted by molar-refractivity contribution is 14.1. The molecule has 0 bridgehead atoms. The van der Waals surface area contributed by atoms with Crippen molar-refractivity contribution < 1.29 is 9.47 Å². The van der Waals surface area contributed by atoms with Crippen LogP contribution in [-0.4, -0.2) is 18.6 Å². The predicted molar refractivity (Wildman–Crippen MR) is 112 cm³/mol. The second-order valence-corrected chi connectivity index (χ2v) is 7.69. The van der Waals surface area contributed by atoms with E-state index in [-0.39, 0.29) is 0 Å². The van der Waals surface area contributed by atoms with E-state index in [2.05, 4.69) is 92.0 Å². The normalized spacial score (nSPS) is 10.8. The molecule has 2 aromatic carbocycles. The van der Waals surface area contributed by atoms with Gasteiger partial charge in [-0.05, 0) is 80.6 Å². The Bertz CT molecular complexity index is 575. The van der Waals surface area contributed by atoms with Crippen molar-refractivity contribution in [3.63, 3.8) is 0 Å². The highest BCUT2D eigenvalue weighted by Crippen LogP contribution is 2.35. The van der Waals surface area contributed by atoms with E-state index >= 15 is 0 Å². The summed E-state index contributed by atoms with van der Waals surface area (Å²) < 4.78 is 14.1. The number of ether oxygens (including phenoxy) is 2. The van der Waals surface area contributed by atoms with Gasteiger partial charge in [0.05, 0.1) is 14.2 Å². The minimum Gasteiger partial charge on any atom is -0.497 e. The van der Waals surface area contributed by atoms with Gasteiger partial charge in [-0.15, -0.1) is 0 Å². The van der Waals surface area contributed by atoms with Crippen LogP contribution in [0, 0.1) is 7.14 Å². The molecule has 2 aromatic rings. The van der Waals surface area contributed by atoms with Crippen LogP contribution >= 0.6 is 67.8 Å². The van der Waals surface area contributed by atoms with Crippen LogP contribution in [0.5, 0.6) is 11.5 Å². The molecule has 2 rings (SSSR count). The summed E-state index contributed by atoms with van der Waals surface area (Å²) in [5.41, 5.74) is 2.68. The summed E-state index contributed by atoms with van der Waals surface area (Å²) in [6, 6.07) is 12.6. The van der Waals surface area contributed by atoms with Crippen molar-refractivity contribution in [1.29, 1.82) is 0 Å². The van der Waals surface area contributed by atoms with E-state index < -0.39 is 0 Å². The Labute approximate surface area is 166 Å². The van der Waals surface area contributed by atoms with Crippen LogP contribution in [0.15, 0.2) is 36.4 Å². The van der Waals surface area contributed by atoms with Crippen LogP contribution in [0.25, 0.3) is 0 Å². The number of methoxy groups -OCH3 is 2. The van der Waals surface area contributed by atoms with Gasteiger partial charge in [-0.25, -0.2) is 0 Å². The Morgan fingerprint density at radius 2 is 1.29 bits per heavy atom. The molecule has 5 heteroatoms. The lowest BCUT2D eigenvalue weighted by Gasteiger charge is -2.19. The summed E-state index contributed by atoms with van der Waals surface area (Å²) >= 11 is 7.24. The van der Waals surface area contributed by atoms with E-state index in [4.69, 9.17) is 9.47 Å². The molecule has 0 fully saturated rings. The number of alkyl halides is 1. The monoisotopic (exact) mass is 620 g/mol. The third-order valence-electron chi connectivity index (χ3n) is 3.32. The number of halogens is 3. The SMILES string of the molecule is COc1ccc(C(CI)c2ccc(OC)cc2I)c(I)c1. The first kappa shape index (κ1) is 17.6. The summed E-state index contributed by atoms with van der Waals surface area (Å²) in [5.74, 6) is 2.18. The third kappa shape index (κ3) is 4.15. The topological polar surface area (TPSA) is 18.5 Å². The summed E-state index contributed by atoms with van der Waals surface area (Å²) in [6.45, 7) is 0. The average molecular weight is 620 g/mol. The largest absolute Gasteiger partial charge is 0.497 e. The fourth-order valence-corrected chi connectivity index (χ4v) is 4.84. The van der Waals surface area contributed by atoms with Gasteiger partial charge < -0.3 is 9.47 Å². The minimum atomic E-state index is 0.376. The number of hydrogen-bond acceptors (Lipinski definition) is 2. The molecule has 0 radical (unpaired) electrons. The van der Waals surface area contributed by atoms with E-state index in [0.717, 1.165) is 15.9 Å². The molecule has 0 aliphatic carbocycles. The van der Waals surface area contributed by atoms with E-state index in [9.17, 15) is 0 Å². The summed E-state index contributed by atoms with van der Waals surface area (Å²) in [6.07, 6.45) is 0. The minimum absolute atomic E-state index is 0.376. The number of benzene rings is 2. The van der Waals surface area contributed by atoms with Gasteiger partial charge in [0.15, 0.2) is 0 Å². The molecular weight excluding hydrogens is 605 g/mol. The Balaban J connectivity index is 2.44. The zero-order valence-corrected chi connectivity index (χ0v) is 18.2. The van der Waals surface area contributed by atoms with Gasteiger partial charge in [0.2, 0.25) is 0 Å². The Morgan fingerprint density at radius 3 is 1.57 bits per heavy atom. The van der Waals surface area contributed by atoms with Crippen molar-refractivity contribution in [2.24, 2.45) is 0 Å². The molecule has 0 aliphatic heterocycles. The molecule has 0 saturated carbocycles. The van der Waals surface area contributed by atoms with Gasteiger partial charge in [0.25, 0.3) is 0 Å². The van der Waals surface area contributed by atoms with Crippen molar-refractivity contribution in [3.05, 3.63) is 54.7 Å². The first-order valence-electron chi connectivity index (χ1n) is 6.33. The van der Waals surface area contributed by atoms with Crippen LogP contribution < -0.4 is 9.47 Å². The van der Waals surface area contributed by atoms with Crippen LogP contribution in [-0.2, 0) is 0 Å². The van der Waals surface area contributed by atoms with Gasteiger partial charge in [-0.1, -0.05) is 34.7 Å². The zero-order valence-electron chi connectivity index (χ0n) is 11.7. The quantitative estimate of drug-likeness (QED) is 0.326. The molecular formula is C16H15I3O2. The fourth-order valence-electron chi connectivity index (χ4n) is 2.17. The van der Waals surface area contributed by atoms with E-state index in [1.54, 1.807) is 14.2 Å². The molecule has 0 amide bonds. The van der Waals surface area contributed by atoms with Crippen molar-refractivity contribution in [1.82, 2.24) is 0 Å². The Kier molecular flexibility index (Phi) is 6.85. The van der Waals surface area contributed by atoms with Gasteiger partial charge in [0, 0.05) is 17.5 Å².